The van der Waals surface area contributed by atoms with Gasteiger partial charge in [0.2, 0.25) is 0 Å². The number of rotatable bonds is 4. The standard InChI is InChI=1S/C23H20F3N3O2/c24-17-3-1-16(2-4-17)21-7-8-22(30)29(27-21)14-15-9-11-28(12-10-15)23(31)19-6-5-18(25)13-20(19)26/h1-8,13,15H,9-12,14H2. The molecule has 1 aliphatic heterocycles. The molecule has 0 atom stereocenters. The first kappa shape index (κ1) is 20.8. The lowest BCUT2D eigenvalue weighted by molar-refractivity contribution is 0.0675. The average molecular weight is 427 g/mol. The number of carbonyl (C=O) groups is 1. The molecule has 0 unspecified atom stereocenters. The maximum atomic E-state index is 13.9. The molecule has 1 amide bonds. The predicted molar refractivity (Wildman–Crippen MR) is 109 cm³/mol. The second-order valence-electron chi connectivity index (χ2n) is 7.61. The molecule has 2 aromatic carbocycles. The van der Waals surface area contributed by atoms with Crippen LogP contribution in [0.1, 0.15) is 23.2 Å². The van der Waals surface area contributed by atoms with Crippen molar-refractivity contribution in [3.63, 3.8) is 0 Å². The lowest BCUT2D eigenvalue weighted by Crippen LogP contribution is -2.40. The van der Waals surface area contributed by atoms with Crippen LogP contribution in [0.15, 0.2) is 59.4 Å². The summed E-state index contributed by atoms with van der Waals surface area (Å²) >= 11 is 0. The number of hydrogen-bond donors (Lipinski definition) is 0. The van der Waals surface area contributed by atoms with E-state index in [2.05, 4.69) is 5.10 Å². The van der Waals surface area contributed by atoms with Crippen molar-refractivity contribution in [1.29, 1.82) is 0 Å². The summed E-state index contributed by atoms with van der Waals surface area (Å²) in [7, 11) is 0. The molecule has 0 N–H and O–H groups in total. The van der Waals surface area contributed by atoms with Crippen molar-refractivity contribution in [2.45, 2.75) is 19.4 Å². The topological polar surface area (TPSA) is 55.2 Å². The fourth-order valence-electron chi connectivity index (χ4n) is 3.75. The minimum atomic E-state index is -0.875. The van der Waals surface area contributed by atoms with Crippen molar-refractivity contribution in [2.24, 2.45) is 5.92 Å². The fourth-order valence-corrected chi connectivity index (χ4v) is 3.75. The Morgan fingerprint density at radius 3 is 2.29 bits per heavy atom. The molecule has 0 radical (unpaired) electrons. The highest BCUT2D eigenvalue weighted by Gasteiger charge is 2.26. The molecule has 0 bridgehead atoms. The van der Waals surface area contributed by atoms with Crippen molar-refractivity contribution in [3.8, 4) is 11.3 Å². The van der Waals surface area contributed by atoms with E-state index in [4.69, 9.17) is 0 Å². The zero-order valence-electron chi connectivity index (χ0n) is 16.6. The molecular formula is C23H20F3N3O2. The zero-order chi connectivity index (χ0) is 22.0. The van der Waals surface area contributed by atoms with Gasteiger partial charge in [-0.15, -0.1) is 0 Å². The summed E-state index contributed by atoms with van der Waals surface area (Å²) in [6, 6.07) is 11.8. The lowest BCUT2D eigenvalue weighted by atomic mass is 9.96. The van der Waals surface area contributed by atoms with E-state index in [-0.39, 0.29) is 22.9 Å². The van der Waals surface area contributed by atoms with Gasteiger partial charge < -0.3 is 4.90 Å². The summed E-state index contributed by atoms with van der Waals surface area (Å²) in [6.07, 6.45) is 1.26. The highest BCUT2D eigenvalue weighted by molar-refractivity contribution is 5.94. The van der Waals surface area contributed by atoms with Gasteiger partial charge in [-0.2, -0.15) is 5.10 Å². The first-order valence-electron chi connectivity index (χ1n) is 9.99. The molecule has 4 rings (SSSR count). The van der Waals surface area contributed by atoms with E-state index in [1.54, 1.807) is 18.2 Å². The molecule has 1 saturated heterocycles. The molecule has 3 aromatic rings. The molecule has 1 fully saturated rings. The summed E-state index contributed by atoms with van der Waals surface area (Å²) in [4.78, 5) is 26.3. The van der Waals surface area contributed by atoms with Crippen molar-refractivity contribution >= 4 is 5.91 Å². The first-order valence-corrected chi connectivity index (χ1v) is 9.99. The number of benzene rings is 2. The van der Waals surface area contributed by atoms with Gasteiger partial charge in [0.15, 0.2) is 0 Å². The summed E-state index contributed by atoms with van der Waals surface area (Å²) in [5.74, 6) is -2.30. The largest absolute Gasteiger partial charge is 0.339 e. The lowest BCUT2D eigenvalue weighted by Gasteiger charge is -2.32. The maximum Gasteiger partial charge on any atom is 0.266 e. The van der Waals surface area contributed by atoms with E-state index in [1.165, 1.54) is 27.8 Å². The van der Waals surface area contributed by atoms with E-state index in [9.17, 15) is 22.8 Å². The first-order chi connectivity index (χ1) is 14.9. The molecule has 0 aliphatic carbocycles. The minimum Gasteiger partial charge on any atom is -0.339 e. The quantitative estimate of drug-likeness (QED) is 0.635. The average Bonchev–Trinajstić information content (AvgIpc) is 2.76. The zero-order valence-corrected chi connectivity index (χ0v) is 16.6. The van der Waals surface area contributed by atoms with Crippen molar-refractivity contribution in [2.75, 3.05) is 13.1 Å². The van der Waals surface area contributed by atoms with Gasteiger partial charge in [-0.05, 0) is 61.2 Å². The number of piperidine rings is 1. The summed E-state index contributed by atoms with van der Waals surface area (Å²) in [5, 5.41) is 4.40. The molecular weight excluding hydrogens is 407 g/mol. The van der Waals surface area contributed by atoms with Gasteiger partial charge in [-0.3, -0.25) is 9.59 Å². The highest BCUT2D eigenvalue weighted by atomic mass is 19.1. The van der Waals surface area contributed by atoms with Gasteiger partial charge in [0.1, 0.15) is 17.5 Å². The van der Waals surface area contributed by atoms with Gasteiger partial charge in [-0.1, -0.05) is 0 Å². The maximum absolute atomic E-state index is 13.9. The third-order valence-corrected chi connectivity index (χ3v) is 5.50. The smallest absolute Gasteiger partial charge is 0.266 e. The van der Waals surface area contributed by atoms with Crippen molar-refractivity contribution in [1.82, 2.24) is 14.7 Å². The van der Waals surface area contributed by atoms with Crippen LogP contribution in [0.5, 0.6) is 0 Å². The number of hydrogen-bond acceptors (Lipinski definition) is 3. The highest BCUT2D eigenvalue weighted by Crippen LogP contribution is 2.22. The van der Waals surface area contributed by atoms with Gasteiger partial charge in [0.05, 0.1) is 11.3 Å². The van der Waals surface area contributed by atoms with Crippen LogP contribution in [0.2, 0.25) is 0 Å². The Morgan fingerprint density at radius 1 is 0.935 bits per heavy atom. The molecule has 31 heavy (non-hydrogen) atoms. The number of aromatic nitrogens is 2. The molecule has 5 nitrogen and oxygen atoms in total. The van der Waals surface area contributed by atoms with E-state index in [0.717, 1.165) is 12.1 Å². The Morgan fingerprint density at radius 2 is 1.61 bits per heavy atom. The predicted octanol–water partition coefficient (Wildman–Crippen LogP) is 3.88. The van der Waals surface area contributed by atoms with Crippen LogP contribution >= 0.6 is 0 Å². The van der Waals surface area contributed by atoms with Gasteiger partial charge in [-0.25, -0.2) is 17.9 Å². The third kappa shape index (κ3) is 4.68. The molecule has 0 spiro atoms. The second kappa shape index (κ2) is 8.75. The van der Waals surface area contributed by atoms with Crippen LogP contribution in [-0.4, -0.2) is 33.7 Å². The van der Waals surface area contributed by atoms with Crippen LogP contribution < -0.4 is 5.56 Å². The van der Waals surface area contributed by atoms with Crippen LogP contribution in [0.3, 0.4) is 0 Å². The van der Waals surface area contributed by atoms with Gasteiger partial charge in [0.25, 0.3) is 11.5 Å². The third-order valence-electron chi connectivity index (χ3n) is 5.50. The molecule has 1 aliphatic rings. The molecule has 1 aromatic heterocycles. The van der Waals surface area contributed by atoms with Crippen LogP contribution in [0.25, 0.3) is 11.3 Å². The van der Waals surface area contributed by atoms with Gasteiger partial charge >= 0.3 is 0 Å². The Hall–Kier alpha value is -3.42. The Balaban J connectivity index is 1.42. The van der Waals surface area contributed by atoms with Gasteiger partial charge in [0, 0.05) is 37.3 Å². The van der Waals surface area contributed by atoms with Crippen LogP contribution in [-0.2, 0) is 6.54 Å². The van der Waals surface area contributed by atoms with Crippen molar-refractivity contribution < 1.29 is 18.0 Å². The summed E-state index contributed by atoms with van der Waals surface area (Å²) < 4.78 is 41.5. The fraction of sp³-hybridized carbons (Fsp3) is 0.261. The van der Waals surface area contributed by atoms with Crippen molar-refractivity contribution in [3.05, 3.63) is 88.0 Å². The normalized spacial score (nSPS) is 14.6. The SMILES string of the molecule is O=C(c1ccc(F)cc1F)N1CCC(Cn2nc(-c3ccc(F)cc3)ccc2=O)CC1. The Bertz CT molecular complexity index is 1150. The molecule has 0 saturated carbocycles. The van der Waals surface area contributed by atoms with E-state index >= 15 is 0 Å². The monoisotopic (exact) mass is 427 g/mol. The number of carbonyl (C=O) groups excluding carboxylic acids is 1. The number of nitrogens with zero attached hydrogens (tertiary/aromatic N) is 3. The van der Waals surface area contributed by atoms with E-state index in [1.807, 2.05) is 0 Å². The Kier molecular flexibility index (Phi) is 5.88. The summed E-state index contributed by atoms with van der Waals surface area (Å²) in [5.41, 5.74) is 0.887. The number of halogens is 3. The van der Waals surface area contributed by atoms with Crippen LogP contribution in [0, 0.1) is 23.4 Å². The minimum absolute atomic E-state index is 0.121. The van der Waals surface area contributed by atoms with E-state index in [0.29, 0.717) is 49.8 Å². The second-order valence-corrected chi connectivity index (χ2v) is 7.61. The number of likely N-dealkylation sites (tertiary alicyclic amines) is 1. The number of amides is 1. The van der Waals surface area contributed by atoms with Crippen LogP contribution in [0.4, 0.5) is 13.2 Å². The summed E-state index contributed by atoms with van der Waals surface area (Å²) in [6.45, 7) is 1.21. The molecule has 160 valence electrons. The molecule has 2 heterocycles. The van der Waals surface area contributed by atoms with E-state index < -0.39 is 17.5 Å². The Labute approximate surface area is 176 Å². The molecule has 8 heteroatoms.